The third kappa shape index (κ3) is 4.71. The summed E-state index contributed by atoms with van der Waals surface area (Å²) in [5.41, 5.74) is 1.51. The summed E-state index contributed by atoms with van der Waals surface area (Å²) in [4.78, 5) is 11.7. The molecule has 0 aliphatic heterocycles. The number of anilines is 1. The highest BCUT2D eigenvalue weighted by atomic mass is 16.1. The van der Waals surface area contributed by atoms with Crippen molar-refractivity contribution < 1.29 is 4.79 Å². The molecule has 0 spiro atoms. The largest absolute Gasteiger partial charge is 0.326 e. The molecule has 0 radical (unpaired) electrons. The second-order valence-corrected chi connectivity index (χ2v) is 3.94. The minimum atomic E-state index is -0.00683. The lowest BCUT2D eigenvalue weighted by Crippen LogP contribution is -2.30. The molecule has 0 saturated heterocycles. The topological polar surface area (TPSA) is 41.1 Å². The molecule has 0 aromatic heterocycles. The van der Waals surface area contributed by atoms with Crippen molar-refractivity contribution in [2.45, 2.75) is 26.3 Å². The van der Waals surface area contributed by atoms with Crippen LogP contribution in [0.4, 0.5) is 5.69 Å². The Morgan fingerprint density at radius 3 is 2.94 bits per heavy atom. The minimum absolute atomic E-state index is 0.00683. The maximum Gasteiger partial charge on any atom is 0.225 e. The highest BCUT2D eigenvalue weighted by Crippen LogP contribution is 2.10. The zero-order valence-corrected chi connectivity index (χ0v) is 10.3. The normalized spacial score (nSPS) is 11.6. The second kappa shape index (κ2) is 6.72. The van der Waals surface area contributed by atoms with Gasteiger partial charge in [0.25, 0.3) is 0 Å². The maximum absolute atomic E-state index is 11.7. The van der Waals surface area contributed by atoms with Gasteiger partial charge in [0.15, 0.2) is 0 Å². The van der Waals surface area contributed by atoms with Gasteiger partial charge in [-0.2, -0.15) is 0 Å². The van der Waals surface area contributed by atoms with Crippen LogP contribution in [0.15, 0.2) is 24.3 Å². The summed E-state index contributed by atoms with van der Waals surface area (Å²) in [5.74, 6) is 2.53. The molecule has 0 bridgehead atoms. The van der Waals surface area contributed by atoms with Gasteiger partial charge in [-0.3, -0.25) is 4.79 Å². The lowest BCUT2D eigenvalue weighted by atomic mass is 10.2. The summed E-state index contributed by atoms with van der Waals surface area (Å²) in [6.45, 7) is 4.87. The van der Waals surface area contributed by atoms with Gasteiger partial charge in [0.2, 0.25) is 5.91 Å². The number of nitrogens with one attached hydrogen (secondary N) is 2. The van der Waals surface area contributed by atoms with Crippen LogP contribution in [0.2, 0.25) is 0 Å². The number of rotatable bonds is 5. The summed E-state index contributed by atoms with van der Waals surface area (Å²) < 4.78 is 0. The predicted octanol–water partition coefficient (Wildman–Crippen LogP) is 1.99. The van der Waals surface area contributed by atoms with Gasteiger partial charge < -0.3 is 10.6 Å². The van der Waals surface area contributed by atoms with Crippen LogP contribution < -0.4 is 10.6 Å². The van der Waals surface area contributed by atoms with E-state index in [1.54, 1.807) is 6.07 Å². The first kappa shape index (κ1) is 13.3. The Morgan fingerprint density at radius 2 is 2.29 bits per heavy atom. The molecule has 17 heavy (non-hydrogen) atoms. The number of terminal acetylenes is 1. The molecule has 1 atom stereocenters. The number of hydrogen-bond donors (Lipinski definition) is 2. The molecular weight excluding hydrogens is 212 g/mol. The van der Waals surface area contributed by atoms with Crippen LogP contribution in [0.1, 0.15) is 25.8 Å². The van der Waals surface area contributed by atoms with Crippen molar-refractivity contribution in [2.24, 2.45) is 0 Å². The summed E-state index contributed by atoms with van der Waals surface area (Å²) >= 11 is 0. The molecule has 1 amide bonds. The van der Waals surface area contributed by atoms with Gasteiger partial charge in [0.1, 0.15) is 0 Å². The molecular formula is C14H18N2O. The van der Waals surface area contributed by atoms with Crippen LogP contribution in [0.5, 0.6) is 0 Å². The van der Waals surface area contributed by atoms with Gasteiger partial charge in [-0.1, -0.05) is 18.9 Å². The van der Waals surface area contributed by atoms with Gasteiger partial charge in [0.05, 0.1) is 0 Å². The van der Waals surface area contributed by atoms with Gasteiger partial charge in [0, 0.05) is 23.7 Å². The molecule has 90 valence electrons. The van der Waals surface area contributed by atoms with Gasteiger partial charge >= 0.3 is 0 Å². The predicted molar refractivity (Wildman–Crippen MR) is 70.8 cm³/mol. The second-order valence-electron chi connectivity index (χ2n) is 3.94. The van der Waals surface area contributed by atoms with Gasteiger partial charge in [-0.15, -0.1) is 6.42 Å². The van der Waals surface area contributed by atoms with E-state index in [1.807, 2.05) is 32.0 Å². The fraction of sp³-hybridized carbons (Fsp3) is 0.357. The maximum atomic E-state index is 11.7. The lowest BCUT2D eigenvalue weighted by Gasteiger charge is -2.12. The Labute approximate surface area is 103 Å². The molecule has 0 aliphatic rings. The summed E-state index contributed by atoms with van der Waals surface area (Å²) in [7, 11) is 0. The number of hydrogen-bond acceptors (Lipinski definition) is 2. The fourth-order valence-electron chi connectivity index (χ4n) is 1.60. The van der Waals surface area contributed by atoms with Crippen molar-refractivity contribution in [3.05, 3.63) is 29.8 Å². The first-order valence-electron chi connectivity index (χ1n) is 5.75. The molecule has 0 aliphatic carbocycles. The molecule has 1 aromatic carbocycles. The Bertz CT molecular complexity index is 420. The highest BCUT2D eigenvalue weighted by Gasteiger charge is 2.07. The van der Waals surface area contributed by atoms with Crippen molar-refractivity contribution in [2.75, 3.05) is 11.9 Å². The molecule has 0 saturated carbocycles. The van der Waals surface area contributed by atoms with E-state index in [1.165, 1.54) is 0 Å². The molecule has 1 aromatic rings. The third-order valence-corrected chi connectivity index (χ3v) is 2.36. The smallest absolute Gasteiger partial charge is 0.225 e. The average Bonchev–Trinajstić information content (AvgIpc) is 2.29. The van der Waals surface area contributed by atoms with Crippen LogP contribution in [0, 0.1) is 12.3 Å². The molecule has 1 unspecified atom stereocenters. The number of amides is 1. The SMILES string of the molecule is C#Cc1cccc(NC(=O)CC(C)NCC)c1. The number of carbonyl (C=O) groups is 1. The molecule has 3 nitrogen and oxygen atoms in total. The minimum Gasteiger partial charge on any atom is -0.326 e. The molecule has 3 heteroatoms. The van der Waals surface area contributed by atoms with Crippen molar-refractivity contribution >= 4 is 11.6 Å². The van der Waals surface area contributed by atoms with Gasteiger partial charge in [-0.25, -0.2) is 0 Å². The van der Waals surface area contributed by atoms with Gasteiger partial charge in [-0.05, 0) is 31.7 Å². The number of benzene rings is 1. The van der Waals surface area contributed by atoms with E-state index >= 15 is 0 Å². The highest BCUT2D eigenvalue weighted by molar-refractivity contribution is 5.91. The standard InChI is InChI=1S/C14H18N2O/c1-4-12-7-6-8-13(10-12)16-14(17)9-11(3)15-5-2/h1,6-8,10-11,15H,5,9H2,2-3H3,(H,16,17). The first-order valence-corrected chi connectivity index (χ1v) is 5.75. The van der Waals surface area contributed by atoms with Crippen molar-refractivity contribution in [3.8, 4) is 12.3 Å². The van der Waals surface area contributed by atoms with Crippen LogP contribution >= 0.6 is 0 Å². The molecule has 0 heterocycles. The lowest BCUT2D eigenvalue weighted by molar-refractivity contribution is -0.116. The summed E-state index contributed by atoms with van der Waals surface area (Å²) in [6, 6.07) is 7.46. The molecule has 2 N–H and O–H groups in total. The zero-order chi connectivity index (χ0) is 12.7. The monoisotopic (exact) mass is 230 g/mol. The van der Waals surface area contributed by atoms with Crippen LogP contribution in [0.25, 0.3) is 0 Å². The van der Waals surface area contributed by atoms with Crippen molar-refractivity contribution in [1.82, 2.24) is 5.32 Å². The van der Waals surface area contributed by atoms with Crippen molar-refractivity contribution in [3.63, 3.8) is 0 Å². The summed E-state index contributed by atoms with van der Waals surface area (Å²) in [5, 5.41) is 6.02. The van der Waals surface area contributed by atoms with E-state index in [-0.39, 0.29) is 11.9 Å². The van der Waals surface area contributed by atoms with Crippen LogP contribution in [0.3, 0.4) is 0 Å². The Hall–Kier alpha value is -1.79. The van der Waals surface area contributed by atoms with E-state index in [9.17, 15) is 4.79 Å². The average molecular weight is 230 g/mol. The van der Waals surface area contributed by atoms with Crippen molar-refractivity contribution in [1.29, 1.82) is 0 Å². The molecule has 1 rings (SSSR count). The summed E-state index contributed by atoms with van der Waals surface area (Å²) in [6.07, 6.45) is 5.75. The quantitative estimate of drug-likeness (QED) is 0.760. The Morgan fingerprint density at radius 1 is 1.53 bits per heavy atom. The van der Waals surface area contributed by atoms with E-state index in [2.05, 4.69) is 16.6 Å². The van der Waals surface area contributed by atoms with E-state index in [4.69, 9.17) is 6.42 Å². The third-order valence-electron chi connectivity index (χ3n) is 2.36. The first-order chi connectivity index (χ1) is 8.15. The van der Waals surface area contributed by atoms with E-state index in [0.29, 0.717) is 6.42 Å². The van der Waals surface area contributed by atoms with E-state index in [0.717, 1.165) is 17.8 Å². The Balaban J connectivity index is 2.53. The van der Waals surface area contributed by atoms with Crippen LogP contribution in [-0.2, 0) is 4.79 Å². The zero-order valence-electron chi connectivity index (χ0n) is 10.3. The van der Waals surface area contributed by atoms with E-state index < -0.39 is 0 Å². The Kier molecular flexibility index (Phi) is 5.25. The fourth-order valence-corrected chi connectivity index (χ4v) is 1.60. The number of carbonyl (C=O) groups excluding carboxylic acids is 1. The molecule has 0 fully saturated rings. The van der Waals surface area contributed by atoms with Crippen LogP contribution in [-0.4, -0.2) is 18.5 Å².